The van der Waals surface area contributed by atoms with Gasteiger partial charge in [-0.15, -0.1) is 0 Å². The highest BCUT2D eigenvalue weighted by Gasteiger charge is 2.61. The average molecular weight is 562 g/mol. The number of hydrogen-bond donors (Lipinski definition) is 0. The number of nitrogens with zero attached hydrogens (tertiary/aromatic N) is 2. The minimum absolute atomic E-state index is 0.106. The largest absolute Gasteiger partial charge is 0.468 e. The van der Waals surface area contributed by atoms with Crippen molar-refractivity contribution in [2.75, 3.05) is 20.2 Å². The fraction of sp³-hybridized carbons (Fsp3) is 0.538. The Labute approximate surface area is 208 Å². The topological polar surface area (TPSA) is 60.8 Å². The van der Waals surface area contributed by atoms with Gasteiger partial charge < -0.3 is 9.47 Å². The van der Waals surface area contributed by atoms with Gasteiger partial charge in [-0.3, -0.25) is 9.69 Å². The molecule has 1 aromatic carbocycles. The van der Waals surface area contributed by atoms with Crippen molar-refractivity contribution in [3.8, 4) is 0 Å². The smallest absolute Gasteiger partial charge is 0.419 e. The Kier molecular flexibility index (Phi) is 5.44. The molecule has 1 aromatic heterocycles. The van der Waals surface area contributed by atoms with E-state index in [1.807, 2.05) is 32.9 Å². The molecule has 0 spiro atoms. The first-order valence-electron chi connectivity index (χ1n) is 11.7. The van der Waals surface area contributed by atoms with Crippen molar-refractivity contribution in [2.24, 2.45) is 5.92 Å². The molecule has 6 nitrogen and oxygen atoms in total. The number of methoxy groups -OCH3 is 1. The van der Waals surface area contributed by atoms with Crippen LogP contribution in [0.3, 0.4) is 0 Å². The number of carbonyl (C=O) groups is 2. The number of carbonyl (C=O) groups excluding carboxylic acids is 2. The zero-order chi connectivity index (χ0) is 23.7. The van der Waals surface area contributed by atoms with E-state index in [-0.39, 0.29) is 17.9 Å². The Morgan fingerprint density at radius 2 is 2.03 bits per heavy atom. The van der Waals surface area contributed by atoms with Crippen LogP contribution in [0.1, 0.15) is 51.8 Å². The Bertz CT molecular complexity index is 1190. The Hall–Kier alpha value is -1.87. The molecule has 4 unspecified atom stereocenters. The third kappa shape index (κ3) is 3.37. The van der Waals surface area contributed by atoms with Gasteiger partial charge in [0.1, 0.15) is 11.0 Å². The molecule has 1 aliphatic carbocycles. The zero-order valence-corrected chi connectivity index (χ0v) is 22.1. The van der Waals surface area contributed by atoms with Gasteiger partial charge in [-0.05, 0) is 92.3 Å². The van der Waals surface area contributed by atoms with Crippen LogP contribution in [0.25, 0.3) is 10.9 Å². The standard InChI is InChI=1S/C26H31IN2O4/c1-6-16-11-15-13-26(23(30)32-5)21(16)28(14-15)10-9-18-19-12-17(27)7-8-20(19)29(22(18)26)24(31)33-25(2,3)4/h7-8,11-12,15,21H,6,9-10,13-14H2,1-5H3. The van der Waals surface area contributed by atoms with Gasteiger partial charge in [0.05, 0.1) is 24.4 Å². The predicted octanol–water partition coefficient (Wildman–Crippen LogP) is 5.04. The van der Waals surface area contributed by atoms with Crippen LogP contribution in [0.5, 0.6) is 0 Å². The first-order chi connectivity index (χ1) is 15.6. The van der Waals surface area contributed by atoms with E-state index < -0.39 is 17.1 Å². The summed E-state index contributed by atoms with van der Waals surface area (Å²) in [5.74, 6) is -0.00746. The number of hydrogen-bond acceptors (Lipinski definition) is 5. The van der Waals surface area contributed by atoms with E-state index in [1.54, 1.807) is 4.57 Å². The minimum atomic E-state index is -0.940. The normalized spacial score (nSPS) is 28.2. The minimum Gasteiger partial charge on any atom is -0.468 e. The van der Waals surface area contributed by atoms with Crippen molar-refractivity contribution >= 4 is 45.6 Å². The molecule has 3 aliphatic heterocycles. The zero-order valence-electron chi connectivity index (χ0n) is 19.9. The van der Waals surface area contributed by atoms with Gasteiger partial charge in [0.2, 0.25) is 0 Å². The fourth-order valence-corrected chi connectivity index (χ4v) is 6.89. The van der Waals surface area contributed by atoms with Crippen LogP contribution in [0.4, 0.5) is 4.79 Å². The average Bonchev–Trinajstić information content (AvgIpc) is 3.04. The summed E-state index contributed by atoms with van der Waals surface area (Å²) in [4.78, 5) is 30.0. The molecule has 7 heteroatoms. The van der Waals surface area contributed by atoms with Crippen molar-refractivity contribution < 1.29 is 19.1 Å². The Morgan fingerprint density at radius 1 is 1.27 bits per heavy atom. The van der Waals surface area contributed by atoms with E-state index in [9.17, 15) is 9.59 Å². The van der Waals surface area contributed by atoms with Crippen LogP contribution in [0, 0.1) is 9.49 Å². The first kappa shape index (κ1) is 22.9. The van der Waals surface area contributed by atoms with Crippen LogP contribution in [0.2, 0.25) is 0 Å². The molecule has 6 rings (SSSR count). The summed E-state index contributed by atoms with van der Waals surface area (Å²) in [5.41, 5.74) is 2.33. The lowest BCUT2D eigenvalue weighted by molar-refractivity contribution is -0.154. The SMILES string of the molecule is CCC1=CC2CN3CCc4c(n(C(=O)OC(C)(C)C)c5ccc(I)cc45)C(C(=O)OC)(C2)C13. The molecule has 176 valence electrons. The third-order valence-corrected chi connectivity index (χ3v) is 8.00. The van der Waals surface area contributed by atoms with E-state index in [0.717, 1.165) is 51.7 Å². The van der Waals surface area contributed by atoms with Gasteiger partial charge >= 0.3 is 12.1 Å². The summed E-state index contributed by atoms with van der Waals surface area (Å²) >= 11 is 2.31. The number of fused-ring (bicyclic) bond motifs is 3. The Morgan fingerprint density at radius 3 is 2.70 bits per heavy atom. The molecular formula is C26H31IN2O4. The third-order valence-electron chi connectivity index (χ3n) is 7.33. The maximum absolute atomic E-state index is 13.8. The number of piperidine rings is 1. The number of benzene rings is 1. The van der Waals surface area contributed by atoms with Crippen molar-refractivity contribution in [1.29, 1.82) is 0 Å². The highest BCUT2D eigenvalue weighted by atomic mass is 127. The van der Waals surface area contributed by atoms with Crippen molar-refractivity contribution in [3.63, 3.8) is 0 Å². The van der Waals surface area contributed by atoms with Crippen LogP contribution < -0.4 is 0 Å². The van der Waals surface area contributed by atoms with E-state index in [1.165, 1.54) is 12.7 Å². The lowest BCUT2D eigenvalue weighted by Crippen LogP contribution is -2.64. The van der Waals surface area contributed by atoms with Crippen molar-refractivity contribution in [2.45, 2.75) is 64.0 Å². The van der Waals surface area contributed by atoms with Gasteiger partial charge in [0.25, 0.3) is 0 Å². The second-order valence-corrected chi connectivity index (χ2v) is 11.7. The lowest BCUT2D eigenvalue weighted by atomic mass is 9.60. The van der Waals surface area contributed by atoms with Crippen molar-refractivity contribution in [3.05, 3.63) is 44.7 Å². The summed E-state index contributed by atoms with van der Waals surface area (Å²) in [6, 6.07) is 6.01. The van der Waals surface area contributed by atoms with E-state index in [4.69, 9.17) is 9.47 Å². The molecule has 2 aromatic rings. The fourth-order valence-electron chi connectivity index (χ4n) is 6.40. The summed E-state index contributed by atoms with van der Waals surface area (Å²) < 4.78 is 14.2. The van der Waals surface area contributed by atoms with Crippen LogP contribution in [-0.2, 0) is 26.1 Å². The molecule has 1 fully saturated rings. The molecule has 4 aliphatic rings. The number of aromatic nitrogens is 1. The number of esters is 1. The highest BCUT2D eigenvalue weighted by Crippen LogP contribution is 2.54. The number of rotatable bonds is 2. The number of ether oxygens (including phenoxy) is 2. The molecule has 4 heterocycles. The second-order valence-electron chi connectivity index (χ2n) is 10.5. The van der Waals surface area contributed by atoms with Gasteiger partial charge in [-0.25, -0.2) is 9.36 Å². The molecule has 33 heavy (non-hydrogen) atoms. The van der Waals surface area contributed by atoms with Gasteiger partial charge in [-0.1, -0.05) is 18.6 Å². The first-order valence-corrected chi connectivity index (χ1v) is 12.8. The van der Waals surface area contributed by atoms with Crippen molar-refractivity contribution in [1.82, 2.24) is 9.47 Å². The molecule has 4 bridgehead atoms. The van der Waals surface area contributed by atoms with E-state index in [2.05, 4.69) is 46.6 Å². The lowest BCUT2D eigenvalue weighted by Gasteiger charge is -2.54. The highest BCUT2D eigenvalue weighted by molar-refractivity contribution is 14.1. The van der Waals surface area contributed by atoms with Gasteiger partial charge in [0, 0.05) is 22.0 Å². The van der Waals surface area contributed by atoms with E-state index >= 15 is 0 Å². The molecule has 0 amide bonds. The second kappa shape index (κ2) is 7.83. The molecule has 1 saturated heterocycles. The molecule has 4 atom stereocenters. The van der Waals surface area contributed by atoms with E-state index in [0.29, 0.717) is 6.42 Å². The quantitative estimate of drug-likeness (QED) is 0.292. The van der Waals surface area contributed by atoms with Gasteiger partial charge in [-0.2, -0.15) is 0 Å². The van der Waals surface area contributed by atoms with Crippen LogP contribution in [0.15, 0.2) is 29.8 Å². The summed E-state index contributed by atoms with van der Waals surface area (Å²) in [5, 5.41) is 1.03. The van der Waals surface area contributed by atoms with Crippen LogP contribution in [-0.4, -0.2) is 53.4 Å². The van der Waals surface area contributed by atoms with Gasteiger partial charge in [0.15, 0.2) is 0 Å². The molecule has 0 N–H and O–H groups in total. The summed E-state index contributed by atoms with van der Waals surface area (Å²) in [6.07, 6.45) is 4.22. The summed E-state index contributed by atoms with van der Waals surface area (Å²) in [6.45, 7) is 9.56. The molecule has 0 saturated carbocycles. The van der Waals surface area contributed by atoms with Crippen LogP contribution >= 0.6 is 22.6 Å². The summed E-state index contributed by atoms with van der Waals surface area (Å²) in [7, 11) is 1.47. The monoisotopic (exact) mass is 562 g/mol. The maximum atomic E-state index is 13.8. The molecule has 0 radical (unpaired) electrons. The Balaban J connectivity index is 1.88. The molecular weight excluding hydrogens is 531 g/mol. The maximum Gasteiger partial charge on any atom is 0.419 e. The number of halogens is 1. The predicted molar refractivity (Wildman–Crippen MR) is 136 cm³/mol.